The fraction of sp³-hybridized carbons (Fsp3) is 0.423. The second-order valence-electron chi connectivity index (χ2n) is 8.80. The quantitative estimate of drug-likeness (QED) is 0.563. The molecule has 2 aliphatic carbocycles. The van der Waals surface area contributed by atoms with E-state index in [2.05, 4.69) is 34.9 Å². The van der Waals surface area contributed by atoms with Crippen molar-refractivity contribution >= 4 is 18.0 Å². The summed E-state index contributed by atoms with van der Waals surface area (Å²) >= 11 is 0. The standard InChI is InChI=1S/C26H30N2O5/c1-2-8-23(25(30)31)27-24(29)20-13-7-14-22(20)28-26(32)33-15-21-18-11-5-3-9-16(18)17-10-4-6-12-19(17)21/h3-6,9-12,20-23H,2,7-8,13-15H2,1H3,(H,27,29)(H,28,32)(H,30,31)/t20?,22?,23-/m1/s1. The van der Waals surface area contributed by atoms with Gasteiger partial charge >= 0.3 is 12.1 Å². The van der Waals surface area contributed by atoms with Crippen LogP contribution in [0, 0.1) is 5.92 Å². The van der Waals surface area contributed by atoms with E-state index in [1.165, 1.54) is 0 Å². The third kappa shape index (κ3) is 4.87. The van der Waals surface area contributed by atoms with E-state index >= 15 is 0 Å². The van der Waals surface area contributed by atoms with E-state index in [-0.39, 0.29) is 24.5 Å². The number of alkyl carbamates (subject to hydrolysis) is 1. The van der Waals surface area contributed by atoms with Crippen LogP contribution in [0.2, 0.25) is 0 Å². The Kier molecular flexibility index (Phi) is 6.96. The van der Waals surface area contributed by atoms with Crippen LogP contribution in [0.1, 0.15) is 56.1 Å². The minimum absolute atomic E-state index is 0.0313. The Bertz CT molecular complexity index is 991. The number of carbonyl (C=O) groups excluding carboxylic acids is 2. The SMILES string of the molecule is CCC[C@@H](NC(=O)C1CCCC1NC(=O)OCC1c2ccccc2-c2ccccc21)C(=O)O. The van der Waals surface area contributed by atoms with Gasteiger partial charge in [0.15, 0.2) is 0 Å². The first-order valence-corrected chi connectivity index (χ1v) is 11.6. The minimum Gasteiger partial charge on any atom is -0.480 e. The van der Waals surface area contributed by atoms with Gasteiger partial charge < -0.3 is 20.5 Å². The van der Waals surface area contributed by atoms with Crippen molar-refractivity contribution in [3.8, 4) is 11.1 Å². The molecule has 0 heterocycles. The number of fused-ring (bicyclic) bond motifs is 3. The normalized spacial score (nSPS) is 19.9. The number of benzene rings is 2. The van der Waals surface area contributed by atoms with E-state index in [0.29, 0.717) is 25.7 Å². The van der Waals surface area contributed by atoms with E-state index in [9.17, 15) is 19.5 Å². The molecule has 3 atom stereocenters. The molecule has 4 rings (SSSR count). The first kappa shape index (κ1) is 22.8. The van der Waals surface area contributed by atoms with Crippen LogP contribution >= 0.6 is 0 Å². The number of carboxylic acids is 1. The molecule has 2 amide bonds. The molecule has 174 valence electrons. The van der Waals surface area contributed by atoms with Gasteiger partial charge in [-0.15, -0.1) is 0 Å². The van der Waals surface area contributed by atoms with Gasteiger partial charge in [-0.05, 0) is 41.5 Å². The number of carboxylic acid groups (broad SMARTS) is 1. The zero-order valence-electron chi connectivity index (χ0n) is 18.8. The van der Waals surface area contributed by atoms with Crippen LogP contribution in [0.15, 0.2) is 48.5 Å². The molecule has 2 aromatic carbocycles. The maximum Gasteiger partial charge on any atom is 0.407 e. The summed E-state index contributed by atoms with van der Waals surface area (Å²) in [4.78, 5) is 36.7. The van der Waals surface area contributed by atoms with E-state index in [4.69, 9.17) is 4.74 Å². The molecule has 1 saturated carbocycles. The summed E-state index contributed by atoms with van der Waals surface area (Å²) in [7, 11) is 0. The number of nitrogens with one attached hydrogen (secondary N) is 2. The number of carbonyl (C=O) groups is 3. The number of aliphatic carboxylic acids is 1. The molecule has 0 bridgehead atoms. The van der Waals surface area contributed by atoms with Gasteiger partial charge in [0.05, 0.1) is 5.92 Å². The molecule has 0 saturated heterocycles. The minimum atomic E-state index is -1.04. The molecule has 7 heteroatoms. The largest absolute Gasteiger partial charge is 0.480 e. The monoisotopic (exact) mass is 450 g/mol. The molecule has 33 heavy (non-hydrogen) atoms. The Labute approximate surface area is 193 Å². The van der Waals surface area contributed by atoms with Crippen LogP contribution in [0.3, 0.4) is 0 Å². The van der Waals surface area contributed by atoms with Gasteiger partial charge in [-0.3, -0.25) is 4.79 Å². The second-order valence-corrected chi connectivity index (χ2v) is 8.80. The molecule has 0 spiro atoms. The van der Waals surface area contributed by atoms with E-state index in [1.54, 1.807) is 0 Å². The van der Waals surface area contributed by atoms with E-state index in [1.807, 2.05) is 31.2 Å². The van der Waals surface area contributed by atoms with Crippen molar-refractivity contribution < 1.29 is 24.2 Å². The fourth-order valence-corrected chi connectivity index (χ4v) is 5.06. The van der Waals surface area contributed by atoms with Crippen LogP contribution in [0.25, 0.3) is 11.1 Å². The van der Waals surface area contributed by atoms with Crippen LogP contribution in [-0.2, 0) is 14.3 Å². The summed E-state index contributed by atoms with van der Waals surface area (Å²) < 4.78 is 5.61. The number of rotatable bonds is 8. The predicted molar refractivity (Wildman–Crippen MR) is 124 cm³/mol. The Balaban J connectivity index is 1.36. The smallest absolute Gasteiger partial charge is 0.407 e. The molecule has 0 radical (unpaired) electrons. The highest BCUT2D eigenvalue weighted by Crippen LogP contribution is 2.44. The lowest BCUT2D eigenvalue weighted by molar-refractivity contribution is -0.142. The topological polar surface area (TPSA) is 105 Å². The Morgan fingerprint density at radius 3 is 2.27 bits per heavy atom. The lowest BCUT2D eigenvalue weighted by Crippen LogP contribution is -2.48. The van der Waals surface area contributed by atoms with Gasteiger partial charge in [0.2, 0.25) is 5.91 Å². The first-order chi connectivity index (χ1) is 16.0. The third-order valence-corrected chi connectivity index (χ3v) is 6.69. The number of hydrogen-bond acceptors (Lipinski definition) is 4. The second kappa shape index (κ2) is 10.1. The third-order valence-electron chi connectivity index (χ3n) is 6.69. The number of hydrogen-bond donors (Lipinski definition) is 3. The lowest BCUT2D eigenvalue weighted by atomic mass is 9.98. The van der Waals surface area contributed by atoms with Crippen LogP contribution in [0.4, 0.5) is 4.79 Å². The fourth-order valence-electron chi connectivity index (χ4n) is 5.06. The van der Waals surface area contributed by atoms with E-state index in [0.717, 1.165) is 28.7 Å². The summed E-state index contributed by atoms with van der Waals surface area (Å²) in [5, 5.41) is 14.8. The molecule has 7 nitrogen and oxygen atoms in total. The average Bonchev–Trinajstić information content (AvgIpc) is 3.40. The van der Waals surface area contributed by atoms with Gasteiger partial charge in [-0.1, -0.05) is 68.3 Å². The molecule has 3 N–H and O–H groups in total. The van der Waals surface area contributed by atoms with Crippen molar-refractivity contribution in [2.24, 2.45) is 5.92 Å². The molecular weight excluding hydrogens is 420 g/mol. The molecule has 2 unspecified atom stereocenters. The van der Waals surface area contributed by atoms with Gasteiger partial charge in [-0.2, -0.15) is 0 Å². The van der Waals surface area contributed by atoms with Crippen molar-refractivity contribution in [2.45, 2.75) is 57.0 Å². The van der Waals surface area contributed by atoms with Crippen LogP contribution < -0.4 is 10.6 Å². The van der Waals surface area contributed by atoms with Crippen molar-refractivity contribution in [3.05, 3.63) is 59.7 Å². The summed E-state index contributed by atoms with van der Waals surface area (Å²) in [6, 6.07) is 15.0. The summed E-state index contributed by atoms with van der Waals surface area (Å²) in [5.41, 5.74) is 4.60. The van der Waals surface area contributed by atoms with Gasteiger partial charge in [0, 0.05) is 12.0 Å². The molecular formula is C26H30N2O5. The van der Waals surface area contributed by atoms with Crippen molar-refractivity contribution in [3.63, 3.8) is 0 Å². The highest BCUT2D eigenvalue weighted by molar-refractivity contribution is 5.86. The Morgan fingerprint density at radius 2 is 1.67 bits per heavy atom. The molecule has 2 aliphatic rings. The number of amides is 2. The zero-order valence-corrected chi connectivity index (χ0v) is 18.8. The zero-order chi connectivity index (χ0) is 23.4. The Hall–Kier alpha value is -3.35. The van der Waals surface area contributed by atoms with E-state index < -0.39 is 24.0 Å². The predicted octanol–water partition coefficient (Wildman–Crippen LogP) is 4.06. The highest BCUT2D eigenvalue weighted by Gasteiger charge is 2.36. The number of ether oxygens (including phenoxy) is 1. The van der Waals surface area contributed by atoms with Crippen LogP contribution in [0.5, 0.6) is 0 Å². The maximum absolute atomic E-state index is 12.7. The van der Waals surface area contributed by atoms with Crippen molar-refractivity contribution in [1.29, 1.82) is 0 Å². The highest BCUT2D eigenvalue weighted by atomic mass is 16.5. The lowest BCUT2D eigenvalue weighted by Gasteiger charge is -2.23. The van der Waals surface area contributed by atoms with Crippen LogP contribution in [-0.4, -0.2) is 41.8 Å². The van der Waals surface area contributed by atoms with Gasteiger partial charge in [-0.25, -0.2) is 9.59 Å². The maximum atomic E-state index is 12.7. The first-order valence-electron chi connectivity index (χ1n) is 11.6. The molecule has 0 aromatic heterocycles. The molecule has 2 aromatic rings. The average molecular weight is 451 g/mol. The summed E-state index contributed by atoms with van der Waals surface area (Å²) in [6.07, 6.45) is 2.54. The molecule has 0 aliphatic heterocycles. The Morgan fingerprint density at radius 1 is 1.03 bits per heavy atom. The van der Waals surface area contributed by atoms with Gasteiger partial charge in [0.1, 0.15) is 12.6 Å². The van der Waals surface area contributed by atoms with Crippen molar-refractivity contribution in [2.75, 3.05) is 6.61 Å². The molecule has 1 fully saturated rings. The summed E-state index contributed by atoms with van der Waals surface area (Å²) in [6.45, 7) is 2.08. The van der Waals surface area contributed by atoms with Crippen molar-refractivity contribution in [1.82, 2.24) is 10.6 Å². The van der Waals surface area contributed by atoms with Gasteiger partial charge in [0.25, 0.3) is 0 Å². The summed E-state index contributed by atoms with van der Waals surface area (Å²) in [5.74, 6) is -1.85.